The number of guanidine groups is 1. The van der Waals surface area contributed by atoms with E-state index in [9.17, 15) is 10.1 Å². The van der Waals surface area contributed by atoms with Gasteiger partial charge >= 0.3 is 0 Å². The normalized spacial score (nSPS) is 18.6. The van der Waals surface area contributed by atoms with E-state index in [0.717, 1.165) is 42.0 Å². The zero-order valence-corrected chi connectivity index (χ0v) is 21.9. The molecule has 0 bridgehead atoms. The molecule has 5 rings (SSSR count). The van der Waals surface area contributed by atoms with Crippen molar-refractivity contribution in [2.75, 3.05) is 56.0 Å². The first-order valence-electron chi connectivity index (χ1n) is 13.2. The van der Waals surface area contributed by atoms with Crippen LogP contribution in [0, 0.1) is 18.4 Å². The van der Waals surface area contributed by atoms with E-state index in [4.69, 9.17) is 0 Å². The van der Waals surface area contributed by atoms with Crippen LogP contribution < -0.4 is 15.5 Å². The molecule has 11 nitrogen and oxygen atoms in total. The molecule has 0 radical (unpaired) electrons. The first-order chi connectivity index (χ1) is 18.5. The van der Waals surface area contributed by atoms with Crippen LogP contribution in [0.15, 0.2) is 41.8 Å². The van der Waals surface area contributed by atoms with Gasteiger partial charge in [-0.15, -0.1) is 4.99 Å². The summed E-state index contributed by atoms with van der Waals surface area (Å²) in [5.74, 6) is 1.28. The largest absolute Gasteiger partial charge is 0.352 e. The summed E-state index contributed by atoms with van der Waals surface area (Å²) < 4.78 is 0. The second kappa shape index (κ2) is 11.5. The lowest BCUT2D eigenvalue weighted by Crippen LogP contribution is -2.56. The summed E-state index contributed by atoms with van der Waals surface area (Å²) in [7, 11) is 0. The number of aromatic nitrogens is 3. The third-order valence-corrected chi connectivity index (χ3v) is 7.30. The van der Waals surface area contributed by atoms with Gasteiger partial charge in [-0.05, 0) is 63.5 Å². The first kappa shape index (κ1) is 25.5. The molecule has 2 fully saturated rings. The molecule has 38 heavy (non-hydrogen) atoms. The van der Waals surface area contributed by atoms with Gasteiger partial charge in [-0.1, -0.05) is 6.07 Å². The van der Waals surface area contributed by atoms with Gasteiger partial charge in [0, 0.05) is 56.2 Å². The number of rotatable bonds is 6. The molecule has 2 aliphatic rings. The standard InChI is InChI=1S/C27H34N10O/c1-19-15-30-24-23(19)25(33-18-32-24)36-12-13-37(20(2)16-36)27(31-17-28)34-22-7-5-6-21(14-22)26(38)29-8-11-35-9-3-4-10-35/h5-7,14-15,18,20H,3-4,8-13,16H2,1-2H3,(H,29,38)(H,31,34)(H,30,32,33)/t20-/m0/s1. The summed E-state index contributed by atoms with van der Waals surface area (Å²) in [4.78, 5) is 35.7. The summed E-state index contributed by atoms with van der Waals surface area (Å²) in [6.45, 7) is 9.95. The number of likely N-dealkylation sites (tertiary alicyclic amines) is 1. The maximum atomic E-state index is 12.7. The molecule has 2 aliphatic heterocycles. The van der Waals surface area contributed by atoms with Crippen LogP contribution >= 0.6 is 0 Å². The van der Waals surface area contributed by atoms with Crippen molar-refractivity contribution in [1.29, 1.82) is 5.26 Å². The Morgan fingerprint density at radius 1 is 1.24 bits per heavy atom. The zero-order valence-electron chi connectivity index (χ0n) is 21.9. The van der Waals surface area contributed by atoms with Crippen molar-refractivity contribution in [3.63, 3.8) is 0 Å². The number of piperazine rings is 1. The number of fused-ring (bicyclic) bond motifs is 1. The van der Waals surface area contributed by atoms with Crippen LogP contribution in [0.4, 0.5) is 11.5 Å². The molecular weight excluding hydrogens is 480 g/mol. The van der Waals surface area contributed by atoms with Gasteiger partial charge in [0.05, 0.1) is 5.39 Å². The highest BCUT2D eigenvalue weighted by Crippen LogP contribution is 2.28. The Morgan fingerprint density at radius 3 is 2.87 bits per heavy atom. The zero-order chi connectivity index (χ0) is 26.5. The van der Waals surface area contributed by atoms with Crippen LogP contribution in [0.3, 0.4) is 0 Å². The number of nitrogens with zero attached hydrogens (tertiary/aromatic N) is 7. The van der Waals surface area contributed by atoms with Crippen molar-refractivity contribution >= 4 is 34.4 Å². The van der Waals surface area contributed by atoms with Crippen molar-refractivity contribution in [1.82, 2.24) is 30.1 Å². The maximum absolute atomic E-state index is 12.7. The summed E-state index contributed by atoms with van der Waals surface area (Å²) in [6, 6.07) is 7.36. The highest BCUT2D eigenvalue weighted by atomic mass is 16.1. The Hall–Kier alpha value is -4.17. The fourth-order valence-corrected chi connectivity index (χ4v) is 5.32. The van der Waals surface area contributed by atoms with Crippen LogP contribution in [0.25, 0.3) is 11.0 Å². The third-order valence-electron chi connectivity index (χ3n) is 7.30. The molecule has 1 amide bonds. The number of carbonyl (C=O) groups is 1. The second-order valence-corrected chi connectivity index (χ2v) is 9.93. The minimum absolute atomic E-state index is 0.0599. The molecule has 0 saturated carbocycles. The molecular formula is C27H34N10O. The number of nitrogens with one attached hydrogen (secondary N) is 3. The quantitative estimate of drug-likeness (QED) is 0.260. The second-order valence-electron chi connectivity index (χ2n) is 9.93. The summed E-state index contributed by atoms with van der Waals surface area (Å²) in [5, 5.41) is 16.7. The van der Waals surface area contributed by atoms with Crippen LogP contribution in [0.2, 0.25) is 0 Å². The molecule has 0 spiro atoms. The molecule has 2 aromatic heterocycles. The molecule has 0 unspecified atom stereocenters. The highest BCUT2D eigenvalue weighted by Gasteiger charge is 2.29. The molecule has 4 heterocycles. The molecule has 198 valence electrons. The number of hydrogen-bond donors (Lipinski definition) is 3. The third kappa shape index (κ3) is 5.55. The average molecular weight is 515 g/mol. The van der Waals surface area contributed by atoms with Crippen LogP contribution in [-0.2, 0) is 0 Å². The van der Waals surface area contributed by atoms with Gasteiger partial charge in [0.25, 0.3) is 5.91 Å². The van der Waals surface area contributed by atoms with E-state index in [2.05, 4.69) is 59.1 Å². The Bertz CT molecular complexity index is 1350. The molecule has 2 saturated heterocycles. The topological polar surface area (TPSA) is 129 Å². The molecule has 1 aromatic carbocycles. The van der Waals surface area contributed by atoms with E-state index in [1.165, 1.54) is 12.8 Å². The van der Waals surface area contributed by atoms with Crippen molar-refractivity contribution in [2.45, 2.75) is 32.7 Å². The number of aliphatic imine (C=N–C) groups is 1. The molecule has 11 heteroatoms. The van der Waals surface area contributed by atoms with Crippen molar-refractivity contribution in [3.05, 3.63) is 47.9 Å². The van der Waals surface area contributed by atoms with E-state index in [1.807, 2.05) is 24.5 Å². The van der Waals surface area contributed by atoms with Crippen LogP contribution in [-0.4, -0.2) is 88.5 Å². The Kier molecular flexibility index (Phi) is 7.70. The number of nitriles is 1. The molecule has 0 aliphatic carbocycles. The van der Waals surface area contributed by atoms with Crippen LogP contribution in [0.5, 0.6) is 0 Å². The first-order valence-corrected chi connectivity index (χ1v) is 13.2. The monoisotopic (exact) mass is 514 g/mol. The van der Waals surface area contributed by atoms with Gasteiger partial charge < -0.3 is 30.3 Å². The van der Waals surface area contributed by atoms with E-state index in [1.54, 1.807) is 18.5 Å². The van der Waals surface area contributed by atoms with Gasteiger partial charge in [-0.25, -0.2) is 9.97 Å². The number of aryl methyl sites for hydroxylation is 1. The van der Waals surface area contributed by atoms with E-state index < -0.39 is 0 Å². The number of amides is 1. The maximum Gasteiger partial charge on any atom is 0.251 e. The molecule has 3 N–H and O–H groups in total. The van der Waals surface area contributed by atoms with Gasteiger partial charge in [0.1, 0.15) is 17.8 Å². The SMILES string of the molecule is Cc1c[nH]c2ncnc(N3CCN(C(=NC#N)Nc4cccc(C(=O)NCCN5CCCC5)c4)[C@@H](C)C3)c12. The number of anilines is 2. The lowest BCUT2D eigenvalue weighted by molar-refractivity contribution is 0.0950. The highest BCUT2D eigenvalue weighted by molar-refractivity contribution is 5.98. The predicted octanol–water partition coefficient (Wildman–Crippen LogP) is 2.55. The molecule has 1 atom stereocenters. The van der Waals surface area contributed by atoms with Crippen LogP contribution in [0.1, 0.15) is 35.7 Å². The number of hydrogen-bond acceptors (Lipinski definition) is 7. The number of carbonyl (C=O) groups excluding carboxylic acids is 1. The summed E-state index contributed by atoms with van der Waals surface area (Å²) in [6.07, 6.45) is 7.94. The Labute approximate surface area is 222 Å². The number of aromatic amines is 1. The Balaban J connectivity index is 1.24. The van der Waals surface area contributed by atoms with Gasteiger partial charge in [0.15, 0.2) is 0 Å². The summed E-state index contributed by atoms with van der Waals surface area (Å²) >= 11 is 0. The fourth-order valence-electron chi connectivity index (χ4n) is 5.32. The lowest BCUT2D eigenvalue weighted by Gasteiger charge is -2.41. The molecule has 3 aromatic rings. The van der Waals surface area contributed by atoms with Gasteiger partial charge in [-0.3, -0.25) is 4.79 Å². The van der Waals surface area contributed by atoms with E-state index in [0.29, 0.717) is 43.4 Å². The minimum Gasteiger partial charge on any atom is -0.352 e. The Morgan fingerprint density at radius 2 is 2.08 bits per heavy atom. The fraction of sp³-hybridized carbons (Fsp3) is 0.444. The van der Waals surface area contributed by atoms with Gasteiger partial charge in [-0.2, -0.15) is 5.26 Å². The van der Waals surface area contributed by atoms with E-state index in [-0.39, 0.29) is 11.9 Å². The lowest BCUT2D eigenvalue weighted by atomic mass is 10.1. The number of H-pyrrole nitrogens is 1. The smallest absolute Gasteiger partial charge is 0.251 e. The predicted molar refractivity (Wildman–Crippen MR) is 148 cm³/mol. The minimum atomic E-state index is -0.107. The summed E-state index contributed by atoms with van der Waals surface area (Å²) in [5.41, 5.74) is 3.22. The number of benzene rings is 1. The van der Waals surface area contributed by atoms with Crippen molar-refractivity contribution < 1.29 is 4.79 Å². The van der Waals surface area contributed by atoms with Crippen molar-refractivity contribution in [2.24, 2.45) is 4.99 Å². The van der Waals surface area contributed by atoms with E-state index >= 15 is 0 Å². The van der Waals surface area contributed by atoms with Gasteiger partial charge in [0.2, 0.25) is 12.2 Å². The van der Waals surface area contributed by atoms with Crippen molar-refractivity contribution in [3.8, 4) is 6.19 Å². The average Bonchev–Trinajstić information content (AvgIpc) is 3.58.